The van der Waals surface area contributed by atoms with Crippen LogP contribution in [0.2, 0.25) is 0 Å². The van der Waals surface area contributed by atoms with Gasteiger partial charge in [-0.3, -0.25) is 4.79 Å². The Hall–Kier alpha value is -1.60. The fourth-order valence-electron chi connectivity index (χ4n) is 3.09. The summed E-state index contributed by atoms with van der Waals surface area (Å²) in [5, 5.41) is 2.83. The number of hydrogen-bond donors (Lipinski definition) is 1. The molecule has 0 spiro atoms. The average molecular weight is 368 g/mol. The second-order valence-electron chi connectivity index (χ2n) is 6.33. The lowest BCUT2D eigenvalue weighted by Crippen LogP contribution is -2.35. The molecule has 0 aromatic heterocycles. The molecule has 1 saturated heterocycles. The van der Waals surface area contributed by atoms with Crippen molar-refractivity contribution in [2.75, 3.05) is 25.5 Å². The lowest BCUT2D eigenvalue weighted by atomic mass is 10.0. The number of carbonyl (C=O) groups excluding carboxylic acids is 1. The summed E-state index contributed by atoms with van der Waals surface area (Å²) in [7, 11) is -2.05. The molecule has 0 unspecified atom stereocenters. The third kappa shape index (κ3) is 4.52. The predicted octanol–water partition coefficient (Wildman–Crippen LogP) is 3.24. The van der Waals surface area contributed by atoms with E-state index in [0.717, 1.165) is 32.1 Å². The van der Waals surface area contributed by atoms with Crippen LogP contribution in [0.25, 0.3) is 0 Å². The van der Waals surface area contributed by atoms with Gasteiger partial charge in [-0.25, -0.2) is 8.42 Å². The van der Waals surface area contributed by atoms with Crippen molar-refractivity contribution < 1.29 is 17.9 Å². The van der Waals surface area contributed by atoms with Crippen molar-refractivity contribution in [2.45, 2.75) is 50.8 Å². The number of hydrogen-bond acceptors (Lipinski definition) is 4. The first kappa shape index (κ1) is 19.7. The number of ether oxygens (including phenoxy) is 1. The highest BCUT2D eigenvalue weighted by atomic mass is 32.2. The number of anilines is 1. The van der Waals surface area contributed by atoms with Crippen LogP contribution in [0.15, 0.2) is 23.1 Å². The summed E-state index contributed by atoms with van der Waals surface area (Å²) in [6.45, 7) is 5.01. The molecule has 1 N–H and O–H groups in total. The number of piperidine rings is 1. The van der Waals surface area contributed by atoms with Crippen LogP contribution in [-0.4, -0.2) is 38.8 Å². The molecule has 0 atom stereocenters. The molecule has 140 valence electrons. The third-order valence-corrected chi connectivity index (χ3v) is 6.63. The van der Waals surface area contributed by atoms with Gasteiger partial charge in [0, 0.05) is 19.0 Å². The maximum absolute atomic E-state index is 12.8. The Bertz CT molecular complexity index is 693. The molecule has 0 bridgehead atoms. The molecule has 1 fully saturated rings. The maximum atomic E-state index is 12.8. The maximum Gasteiger partial charge on any atom is 0.243 e. The summed E-state index contributed by atoms with van der Waals surface area (Å²) in [6, 6.07) is 4.64. The number of benzene rings is 1. The van der Waals surface area contributed by atoms with E-state index in [0.29, 0.717) is 24.5 Å². The van der Waals surface area contributed by atoms with Gasteiger partial charge in [0.2, 0.25) is 15.9 Å². The second-order valence-corrected chi connectivity index (χ2v) is 8.27. The van der Waals surface area contributed by atoms with Crippen LogP contribution in [-0.2, 0) is 14.8 Å². The molecule has 1 heterocycles. The van der Waals surface area contributed by atoms with Crippen LogP contribution in [0.4, 0.5) is 5.69 Å². The van der Waals surface area contributed by atoms with Crippen molar-refractivity contribution in [2.24, 2.45) is 5.92 Å². The summed E-state index contributed by atoms with van der Waals surface area (Å²) < 4.78 is 32.5. The largest absolute Gasteiger partial charge is 0.495 e. The molecule has 0 saturated carbocycles. The quantitative estimate of drug-likeness (QED) is 0.802. The second kappa shape index (κ2) is 8.67. The van der Waals surface area contributed by atoms with Crippen molar-refractivity contribution in [3.8, 4) is 5.75 Å². The standard InChI is InChI=1S/C18H28N2O4S/c1-4-14(5-2)18(21)19-16-13-15(9-10-17(16)24-3)25(22,23)20-11-7-6-8-12-20/h9-10,13-14H,4-8,11-12H2,1-3H3,(H,19,21). The zero-order valence-corrected chi connectivity index (χ0v) is 16.1. The first-order valence-electron chi connectivity index (χ1n) is 8.93. The highest BCUT2D eigenvalue weighted by Gasteiger charge is 2.27. The van der Waals surface area contributed by atoms with E-state index in [-0.39, 0.29) is 16.7 Å². The van der Waals surface area contributed by atoms with Crippen molar-refractivity contribution >= 4 is 21.6 Å². The molecule has 1 amide bonds. The highest BCUT2D eigenvalue weighted by Crippen LogP contribution is 2.30. The van der Waals surface area contributed by atoms with Gasteiger partial charge in [0.25, 0.3) is 0 Å². The van der Waals surface area contributed by atoms with Gasteiger partial charge in [-0.05, 0) is 43.9 Å². The Balaban J connectivity index is 2.31. The molecular weight excluding hydrogens is 340 g/mol. The lowest BCUT2D eigenvalue weighted by Gasteiger charge is -2.26. The predicted molar refractivity (Wildman–Crippen MR) is 98.3 cm³/mol. The van der Waals surface area contributed by atoms with Crippen LogP contribution in [0.3, 0.4) is 0 Å². The Morgan fingerprint density at radius 3 is 2.40 bits per heavy atom. The van der Waals surface area contributed by atoms with E-state index in [2.05, 4.69) is 5.32 Å². The topological polar surface area (TPSA) is 75.7 Å². The van der Waals surface area contributed by atoms with Crippen LogP contribution in [0.5, 0.6) is 5.75 Å². The molecule has 0 radical (unpaired) electrons. The van der Waals surface area contributed by atoms with Gasteiger partial charge in [-0.1, -0.05) is 20.3 Å². The van der Waals surface area contributed by atoms with E-state index in [1.54, 1.807) is 6.07 Å². The molecule has 2 rings (SSSR count). The molecule has 6 nitrogen and oxygen atoms in total. The zero-order valence-electron chi connectivity index (χ0n) is 15.2. The third-order valence-electron chi connectivity index (χ3n) is 4.74. The van der Waals surface area contributed by atoms with E-state index in [1.165, 1.54) is 23.5 Å². The van der Waals surface area contributed by atoms with Gasteiger partial charge in [0.1, 0.15) is 5.75 Å². The van der Waals surface area contributed by atoms with Gasteiger partial charge < -0.3 is 10.1 Å². The van der Waals surface area contributed by atoms with E-state index in [1.807, 2.05) is 13.8 Å². The van der Waals surface area contributed by atoms with Crippen molar-refractivity contribution in [1.82, 2.24) is 4.31 Å². The van der Waals surface area contributed by atoms with Gasteiger partial charge in [0.05, 0.1) is 17.7 Å². The molecule has 25 heavy (non-hydrogen) atoms. The molecule has 1 aromatic carbocycles. The molecule has 1 aliphatic rings. The molecular formula is C18H28N2O4S. The summed E-state index contributed by atoms with van der Waals surface area (Å²) in [5.74, 6) is 0.236. The zero-order chi connectivity index (χ0) is 18.4. The normalized spacial score (nSPS) is 16.0. The average Bonchev–Trinajstić information content (AvgIpc) is 2.63. The fraction of sp³-hybridized carbons (Fsp3) is 0.611. The van der Waals surface area contributed by atoms with E-state index < -0.39 is 10.0 Å². The monoisotopic (exact) mass is 368 g/mol. The Morgan fingerprint density at radius 1 is 1.20 bits per heavy atom. The SMILES string of the molecule is CCC(CC)C(=O)Nc1cc(S(=O)(=O)N2CCCCC2)ccc1OC. The van der Waals surface area contributed by atoms with Crippen LogP contribution >= 0.6 is 0 Å². The van der Waals surface area contributed by atoms with Gasteiger partial charge in [0.15, 0.2) is 0 Å². The van der Waals surface area contributed by atoms with Crippen LogP contribution in [0, 0.1) is 5.92 Å². The van der Waals surface area contributed by atoms with Crippen molar-refractivity contribution in [1.29, 1.82) is 0 Å². The summed E-state index contributed by atoms with van der Waals surface area (Å²) >= 11 is 0. The summed E-state index contributed by atoms with van der Waals surface area (Å²) in [6.07, 6.45) is 4.29. The molecule has 0 aliphatic carbocycles. The van der Waals surface area contributed by atoms with E-state index >= 15 is 0 Å². The number of rotatable bonds is 7. The highest BCUT2D eigenvalue weighted by molar-refractivity contribution is 7.89. The smallest absolute Gasteiger partial charge is 0.243 e. The fourth-order valence-corrected chi connectivity index (χ4v) is 4.64. The number of nitrogens with zero attached hydrogens (tertiary/aromatic N) is 1. The summed E-state index contributed by atoms with van der Waals surface area (Å²) in [5.41, 5.74) is 0.400. The number of carbonyl (C=O) groups is 1. The Kier molecular flexibility index (Phi) is 6.84. The summed E-state index contributed by atoms with van der Waals surface area (Å²) in [4.78, 5) is 12.6. The Labute approximate surface area is 150 Å². The number of sulfonamides is 1. The number of amides is 1. The number of methoxy groups -OCH3 is 1. The van der Waals surface area contributed by atoms with Crippen LogP contribution in [0.1, 0.15) is 46.0 Å². The number of nitrogens with one attached hydrogen (secondary N) is 1. The molecule has 1 aromatic rings. The minimum Gasteiger partial charge on any atom is -0.495 e. The van der Waals surface area contributed by atoms with E-state index in [9.17, 15) is 13.2 Å². The molecule has 1 aliphatic heterocycles. The molecule has 7 heteroatoms. The first-order chi connectivity index (χ1) is 11.9. The lowest BCUT2D eigenvalue weighted by molar-refractivity contribution is -0.120. The van der Waals surface area contributed by atoms with Crippen molar-refractivity contribution in [3.05, 3.63) is 18.2 Å². The Morgan fingerprint density at radius 2 is 1.84 bits per heavy atom. The van der Waals surface area contributed by atoms with E-state index in [4.69, 9.17) is 4.74 Å². The van der Waals surface area contributed by atoms with Gasteiger partial charge in [-0.2, -0.15) is 4.31 Å². The van der Waals surface area contributed by atoms with Crippen LogP contribution < -0.4 is 10.1 Å². The minimum absolute atomic E-state index is 0.105. The van der Waals surface area contributed by atoms with Gasteiger partial charge >= 0.3 is 0 Å². The minimum atomic E-state index is -3.55. The van der Waals surface area contributed by atoms with Crippen molar-refractivity contribution in [3.63, 3.8) is 0 Å². The first-order valence-corrected chi connectivity index (χ1v) is 10.4. The van der Waals surface area contributed by atoms with Gasteiger partial charge in [-0.15, -0.1) is 0 Å².